The molecule has 2 aliphatic rings. The summed E-state index contributed by atoms with van der Waals surface area (Å²) in [5, 5.41) is 5.43. The number of pyridine rings is 3. The third-order valence-electron chi connectivity index (χ3n) is 7.72. The minimum Gasteiger partial charge on any atom is -0.351 e. The molecule has 7 rings (SSSR count). The first-order valence-electron chi connectivity index (χ1n) is 12.9. The van der Waals surface area contributed by atoms with Crippen molar-refractivity contribution in [2.24, 2.45) is 0 Å². The lowest BCUT2D eigenvalue weighted by atomic mass is 9.79. The van der Waals surface area contributed by atoms with Crippen molar-refractivity contribution in [3.8, 4) is 22.8 Å². The summed E-state index contributed by atoms with van der Waals surface area (Å²) in [6.07, 6.45) is 10.8. The van der Waals surface area contributed by atoms with E-state index in [9.17, 15) is 4.39 Å². The zero-order valence-electron chi connectivity index (χ0n) is 20.6. The van der Waals surface area contributed by atoms with E-state index < -0.39 is 0 Å². The number of piperazine rings is 1. The molecule has 8 nitrogen and oxygen atoms in total. The minimum absolute atomic E-state index is 0.260. The van der Waals surface area contributed by atoms with Crippen LogP contribution in [-0.2, 0) is 0 Å². The van der Waals surface area contributed by atoms with Crippen LogP contribution in [-0.4, -0.2) is 55.6 Å². The standard InChI is InChI=1S/C28H27FN8/c1-16-13-30-10-11-37(16)28-24-20(17-4-2-5-17)14-31-15-23(24)35-27(36-28)18-7-9-33-26-19(18)12-22(34-26)25-21(29)6-3-8-32-25/h3,6-9,12,14-17,30H,2,4-5,10-11,13H2,1H3,(H,33,34). The van der Waals surface area contributed by atoms with Crippen molar-refractivity contribution < 1.29 is 4.39 Å². The van der Waals surface area contributed by atoms with Gasteiger partial charge in [0.2, 0.25) is 0 Å². The van der Waals surface area contributed by atoms with E-state index in [4.69, 9.17) is 9.97 Å². The van der Waals surface area contributed by atoms with Crippen LogP contribution in [0.2, 0.25) is 0 Å². The Balaban J connectivity index is 1.44. The summed E-state index contributed by atoms with van der Waals surface area (Å²) < 4.78 is 14.5. The van der Waals surface area contributed by atoms with E-state index in [2.05, 4.69) is 37.1 Å². The van der Waals surface area contributed by atoms with E-state index in [1.807, 2.05) is 24.5 Å². The smallest absolute Gasteiger partial charge is 0.163 e. The second-order valence-corrected chi connectivity index (χ2v) is 10.0. The fourth-order valence-electron chi connectivity index (χ4n) is 5.53. The molecule has 1 saturated heterocycles. The molecule has 186 valence electrons. The number of nitrogens with one attached hydrogen (secondary N) is 2. The SMILES string of the molecule is CC1CNCCN1c1nc(-c2ccnc3[nH]c(-c4ncccc4F)cc23)nc2cncc(C3CCC3)c12. The van der Waals surface area contributed by atoms with Crippen molar-refractivity contribution >= 4 is 27.8 Å². The van der Waals surface area contributed by atoms with Gasteiger partial charge in [-0.1, -0.05) is 6.42 Å². The first-order chi connectivity index (χ1) is 18.2. The number of aromatic amines is 1. The highest BCUT2D eigenvalue weighted by Gasteiger charge is 2.29. The van der Waals surface area contributed by atoms with Crippen LogP contribution in [0.25, 0.3) is 44.7 Å². The molecule has 37 heavy (non-hydrogen) atoms. The maximum absolute atomic E-state index is 14.5. The number of fused-ring (bicyclic) bond motifs is 2. The van der Waals surface area contributed by atoms with Gasteiger partial charge in [0.15, 0.2) is 11.6 Å². The van der Waals surface area contributed by atoms with Crippen molar-refractivity contribution in [2.75, 3.05) is 24.5 Å². The van der Waals surface area contributed by atoms with E-state index in [1.165, 1.54) is 30.9 Å². The predicted octanol–water partition coefficient (Wildman–Crippen LogP) is 4.83. The number of anilines is 1. The molecule has 0 amide bonds. The Hall–Kier alpha value is -3.98. The van der Waals surface area contributed by atoms with Gasteiger partial charge in [0.25, 0.3) is 0 Å². The molecule has 9 heteroatoms. The monoisotopic (exact) mass is 494 g/mol. The highest BCUT2D eigenvalue weighted by molar-refractivity contribution is 5.98. The molecule has 6 heterocycles. The van der Waals surface area contributed by atoms with Gasteiger partial charge >= 0.3 is 0 Å². The molecular formula is C28H27FN8. The zero-order chi connectivity index (χ0) is 24.9. The van der Waals surface area contributed by atoms with Gasteiger partial charge in [-0.2, -0.15) is 0 Å². The zero-order valence-corrected chi connectivity index (χ0v) is 20.6. The number of rotatable bonds is 4. The minimum atomic E-state index is -0.387. The first kappa shape index (κ1) is 22.2. The second kappa shape index (κ2) is 8.85. The Bertz CT molecular complexity index is 1630. The topological polar surface area (TPSA) is 95.5 Å². The van der Waals surface area contributed by atoms with Crippen LogP contribution < -0.4 is 10.2 Å². The maximum Gasteiger partial charge on any atom is 0.163 e. The lowest BCUT2D eigenvalue weighted by molar-refractivity contribution is 0.421. The highest BCUT2D eigenvalue weighted by Crippen LogP contribution is 2.42. The lowest BCUT2D eigenvalue weighted by Crippen LogP contribution is -2.50. The van der Waals surface area contributed by atoms with Crippen LogP contribution in [0.15, 0.2) is 49.1 Å². The van der Waals surface area contributed by atoms with E-state index in [1.54, 1.807) is 18.5 Å². The molecule has 1 aliphatic heterocycles. The van der Waals surface area contributed by atoms with E-state index in [0.717, 1.165) is 47.3 Å². The summed E-state index contributed by atoms with van der Waals surface area (Å²) in [4.78, 5) is 29.2. The Labute approximate surface area is 213 Å². The summed E-state index contributed by atoms with van der Waals surface area (Å²) in [5.41, 5.74) is 4.41. The van der Waals surface area contributed by atoms with Gasteiger partial charge < -0.3 is 15.2 Å². The van der Waals surface area contributed by atoms with Crippen molar-refractivity contribution in [1.29, 1.82) is 0 Å². The van der Waals surface area contributed by atoms with Crippen molar-refractivity contribution in [2.45, 2.75) is 38.1 Å². The van der Waals surface area contributed by atoms with Crippen LogP contribution >= 0.6 is 0 Å². The molecule has 0 aromatic carbocycles. The maximum atomic E-state index is 14.5. The van der Waals surface area contributed by atoms with Gasteiger partial charge in [-0.15, -0.1) is 0 Å². The fraction of sp³-hybridized carbons (Fsp3) is 0.321. The lowest BCUT2D eigenvalue weighted by Gasteiger charge is -2.36. The summed E-state index contributed by atoms with van der Waals surface area (Å²) >= 11 is 0. The number of H-pyrrole nitrogens is 1. The highest BCUT2D eigenvalue weighted by atomic mass is 19.1. The fourth-order valence-corrected chi connectivity index (χ4v) is 5.53. The van der Waals surface area contributed by atoms with Crippen LogP contribution in [0.3, 0.4) is 0 Å². The van der Waals surface area contributed by atoms with Gasteiger partial charge in [-0.05, 0) is 55.5 Å². The van der Waals surface area contributed by atoms with Gasteiger partial charge in [-0.3, -0.25) is 9.97 Å². The number of nitrogens with zero attached hydrogens (tertiary/aromatic N) is 6. The normalized spacial score (nSPS) is 18.4. The Kier molecular flexibility index (Phi) is 5.32. The van der Waals surface area contributed by atoms with E-state index >= 15 is 0 Å². The van der Waals surface area contributed by atoms with Gasteiger partial charge in [-0.25, -0.2) is 19.3 Å². The molecule has 2 fully saturated rings. The average Bonchev–Trinajstić information content (AvgIpc) is 3.32. The van der Waals surface area contributed by atoms with Crippen LogP contribution in [0, 0.1) is 5.82 Å². The molecule has 0 bridgehead atoms. The van der Waals surface area contributed by atoms with Crippen LogP contribution in [0.4, 0.5) is 10.2 Å². The Morgan fingerprint density at radius 2 is 2.00 bits per heavy atom. The van der Waals surface area contributed by atoms with Gasteiger partial charge in [0.05, 0.1) is 17.4 Å². The van der Waals surface area contributed by atoms with Gasteiger partial charge in [0.1, 0.15) is 17.2 Å². The summed E-state index contributed by atoms with van der Waals surface area (Å²) in [6, 6.07) is 7.09. The molecule has 5 aromatic rings. The number of hydrogen-bond donors (Lipinski definition) is 2. The summed E-state index contributed by atoms with van der Waals surface area (Å²) in [7, 11) is 0. The molecule has 1 atom stereocenters. The second-order valence-electron chi connectivity index (χ2n) is 10.0. The molecule has 1 unspecified atom stereocenters. The first-order valence-corrected chi connectivity index (χ1v) is 12.9. The average molecular weight is 495 g/mol. The van der Waals surface area contributed by atoms with Gasteiger partial charge in [0, 0.05) is 60.6 Å². The summed E-state index contributed by atoms with van der Waals surface area (Å²) in [6.45, 7) is 4.92. The molecule has 1 aliphatic carbocycles. The largest absolute Gasteiger partial charge is 0.351 e. The third kappa shape index (κ3) is 3.72. The Morgan fingerprint density at radius 1 is 1.08 bits per heavy atom. The summed E-state index contributed by atoms with van der Waals surface area (Å²) in [5.74, 6) is 1.70. The van der Waals surface area contributed by atoms with Crippen molar-refractivity contribution in [3.63, 3.8) is 0 Å². The number of halogens is 1. The molecule has 0 radical (unpaired) electrons. The number of aromatic nitrogens is 6. The van der Waals surface area contributed by atoms with E-state index in [0.29, 0.717) is 29.1 Å². The van der Waals surface area contributed by atoms with Crippen LogP contribution in [0.1, 0.15) is 37.7 Å². The number of hydrogen-bond acceptors (Lipinski definition) is 7. The van der Waals surface area contributed by atoms with Crippen molar-refractivity contribution in [3.05, 3.63) is 60.4 Å². The molecule has 5 aromatic heterocycles. The molecule has 1 saturated carbocycles. The van der Waals surface area contributed by atoms with Crippen molar-refractivity contribution in [1.82, 2.24) is 35.2 Å². The molecular weight excluding hydrogens is 467 g/mol. The Morgan fingerprint density at radius 3 is 2.81 bits per heavy atom. The third-order valence-corrected chi connectivity index (χ3v) is 7.72. The van der Waals surface area contributed by atoms with Crippen LogP contribution in [0.5, 0.6) is 0 Å². The molecule has 0 spiro atoms. The van der Waals surface area contributed by atoms with E-state index in [-0.39, 0.29) is 11.5 Å². The predicted molar refractivity (Wildman–Crippen MR) is 142 cm³/mol. The molecule has 2 N–H and O–H groups in total. The quantitative estimate of drug-likeness (QED) is 0.369.